The molecule has 0 aliphatic heterocycles. The van der Waals surface area contributed by atoms with Crippen LogP contribution in [0.15, 0.2) is 47.1 Å². The fourth-order valence-corrected chi connectivity index (χ4v) is 1.82. The number of halogens is 2. The van der Waals surface area contributed by atoms with E-state index in [1.54, 1.807) is 6.20 Å². The average Bonchev–Trinajstić information content (AvgIpc) is 2.33. The molecule has 0 bridgehead atoms. The highest BCUT2D eigenvalue weighted by atomic mass is 79.9. The van der Waals surface area contributed by atoms with E-state index in [-0.39, 0.29) is 5.82 Å². The molecule has 2 nitrogen and oxygen atoms in total. The SMILES string of the molecule is Fc1cc(Br)cnc1NCCc1ccccc1. The summed E-state index contributed by atoms with van der Waals surface area (Å²) in [5.74, 6) is -0.0448. The molecular weight excluding hydrogens is 283 g/mol. The van der Waals surface area contributed by atoms with Gasteiger partial charge in [-0.2, -0.15) is 0 Å². The molecular formula is C13H12BrFN2. The lowest BCUT2D eigenvalue weighted by atomic mass is 10.1. The zero-order valence-electron chi connectivity index (χ0n) is 9.16. The number of rotatable bonds is 4. The van der Waals surface area contributed by atoms with Crippen molar-refractivity contribution in [3.8, 4) is 0 Å². The summed E-state index contributed by atoms with van der Waals surface area (Å²) in [5, 5.41) is 2.98. The molecule has 0 atom stereocenters. The van der Waals surface area contributed by atoms with Gasteiger partial charge in [0.1, 0.15) is 0 Å². The number of benzene rings is 1. The maximum Gasteiger partial charge on any atom is 0.166 e. The van der Waals surface area contributed by atoms with Gasteiger partial charge >= 0.3 is 0 Å². The summed E-state index contributed by atoms with van der Waals surface area (Å²) in [5.41, 5.74) is 1.22. The molecule has 1 heterocycles. The monoisotopic (exact) mass is 294 g/mol. The predicted octanol–water partition coefficient (Wildman–Crippen LogP) is 3.64. The molecule has 0 unspecified atom stereocenters. The van der Waals surface area contributed by atoms with Gasteiger partial charge in [0.25, 0.3) is 0 Å². The Hall–Kier alpha value is -1.42. The van der Waals surface area contributed by atoms with Crippen molar-refractivity contribution >= 4 is 21.7 Å². The lowest BCUT2D eigenvalue weighted by Gasteiger charge is -2.06. The van der Waals surface area contributed by atoms with E-state index in [2.05, 4.69) is 26.2 Å². The Kier molecular flexibility index (Phi) is 4.09. The maximum absolute atomic E-state index is 13.4. The topological polar surface area (TPSA) is 24.9 Å². The van der Waals surface area contributed by atoms with Crippen LogP contribution in [-0.2, 0) is 6.42 Å². The van der Waals surface area contributed by atoms with Crippen molar-refractivity contribution in [1.29, 1.82) is 0 Å². The highest BCUT2D eigenvalue weighted by Crippen LogP contribution is 2.15. The third kappa shape index (κ3) is 3.53. The molecule has 2 rings (SSSR count). The number of aromatic nitrogens is 1. The third-order valence-corrected chi connectivity index (χ3v) is 2.79. The molecule has 0 aliphatic rings. The van der Waals surface area contributed by atoms with Gasteiger partial charge in [-0.15, -0.1) is 0 Å². The Morgan fingerprint density at radius 2 is 2.00 bits per heavy atom. The van der Waals surface area contributed by atoms with Gasteiger partial charge in [-0.25, -0.2) is 9.37 Å². The lowest BCUT2D eigenvalue weighted by molar-refractivity contribution is 0.623. The molecule has 0 aliphatic carbocycles. The first-order valence-corrected chi connectivity index (χ1v) is 6.14. The molecule has 0 amide bonds. The number of nitrogens with one attached hydrogen (secondary N) is 1. The zero-order chi connectivity index (χ0) is 12.1. The average molecular weight is 295 g/mol. The molecule has 0 spiro atoms. The van der Waals surface area contributed by atoms with Gasteiger partial charge in [-0.1, -0.05) is 30.3 Å². The standard InChI is InChI=1S/C13H12BrFN2/c14-11-8-12(15)13(17-9-11)16-7-6-10-4-2-1-3-5-10/h1-5,8-9H,6-7H2,(H,16,17). The van der Waals surface area contributed by atoms with Crippen LogP contribution in [0.2, 0.25) is 0 Å². The van der Waals surface area contributed by atoms with E-state index >= 15 is 0 Å². The summed E-state index contributed by atoms with van der Waals surface area (Å²) in [6, 6.07) is 11.5. The molecule has 1 N–H and O–H groups in total. The van der Waals surface area contributed by atoms with Crippen LogP contribution in [0.25, 0.3) is 0 Å². The minimum Gasteiger partial charge on any atom is -0.367 e. The molecule has 2 aromatic rings. The normalized spacial score (nSPS) is 10.2. The van der Waals surface area contributed by atoms with Crippen molar-refractivity contribution in [3.63, 3.8) is 0 Å². The molecule has 0 radical (unpaired) electrons. The number of nitrogens with zero attached hydrogens (tertiary/aromatic N) is 1. The Balaban J connectivity index is 1.90. The van der Waals surface area contributed by atoms with E-state index in [9.17, 15) is 4.39 Å². The fraction of sp³-hybridized carbons (Fsp3) is 0.154. The summed E-state index contributed by atoms with van der Waals surface area (Å²) < 4.78 is 14.1. The lowest BCUT2D eigenvalue weighted by Crippen LogP contribution is -2.07. The van der Waals surface area contributed by atoms with Crippen molar-refractivity contribution in [1.82, 2.24) is 4.98 Å². The van der Waals surface area contributed by atoms with Gasteiger partial charge in [-0.3, -0.25) is 0 Å². The smallest absolute Gasteiger partial charge is 0.166 e. The van der Waals surface area contributed by atoms with E-state index in [1.165, 1.54) is 11.6 Å². The molecule has 4 heteroatoms. The van der Waals surface area contributed by atoms with Crippen molar-refractivity contribution in [2.24, 2.45) is 0 Å². The van der Waals surface area contributed by atoms with E-state index < -0.39 is 0 Å². The molecule has 1 aromatic heterocycles. The van der Waals surface area contributed by atoms with Gasteiger partial charge in [0, 0.05) is 17.2 Å². The van der Waals surface area contributed by atoms with E-state index in [0.717, 1.165) is 6.42 Å². The van der Waals surface area contributed by atoms with Crippen LogP contribution in [0, 0.1) is 5.82 Å². The predicted molar refractivity (Wildman–Crippen MR) is 70.5 cm³/mol. The van der Waals surface area contributed by atoms with Gasteiger partial charge in [0.05, 0.1) is 0 Å². The second kappa shape index (κ2) is 5.77. The van der Waals surface area contributed by atoms with Gasteiger partial charge < -0.3 is 5.32 Å². The van der Waals surface area contributed by atoms with Crippen LogP contribution < -0.4 is 5.32 Å². The Morgan fingerprint density at radius 3 is 2.71 bits per heavy atom. The summed E-state index contributed by atoms with van der Waals surface area (Å²) >= 11 is 3.17. The number of anilines is 1. The highest BCUT2D eigenvalue weighted by Gasteiger charge is 2.03. The highest BCUT2D eigenvalue weighted by molar-refractivity contribution is 9.10. The summed E-state index contributed by atoms with van der Waals surface area (Å²) in [4.78, 5) is 3.98. The van der Waals surface area contributed by atoms with E-state index in [4.69, 9.17) is 0 Å². The number of pyridine rings is 1. The summed E-state index contributed by atoms with van der Waals surface area (Å²) in [6.45, 7) is 0.662. The maximum atomic E-state index is 13.4. The summed E-state index contributed by atoms with van der Waals surface area (Å²) in [7, 11) is 0. The molecule has 17 heavy (non-hydrogen) atoms. The van der Waals surface area contributed by atoms with E-state index in [0.29, 0.717) is 16.8 Å². The van der Waals surface area contributed by atoms with Gasteiger partial charge in [0.15, 0.2) is 11.6 Å². The first-order chi connectivity index (χ1) is 8.25. The van der Waals surface area contributed by atoms with Crippen molar-refractivity contribution in [2.75, 3.05) is 11.9 Å². The van der Waals surface area contributed by atoms with Crippen LogP contribution in [0.3, 0.4) is 0 Å². The fourth-order valence-electron chi connectivity index (χ4n) is 1.51. The second-order valence-electron chi connectivity index (χ2n) is 3.65. The van der Waals surface area contributed by atoms with Crippen molar-refractivity contribution in [3.05, 3.63) is 58.4 Å². The van der Waals surface area contributed by atoms with Crippen LogP contribution in [0.1, 0.15) is 5.56 Å². The second-order valence-corrected chi connectivity index (χ2v) is 4.56. The zero-order valence-corrected chi connectivity index (χ0v) is 10.7. The molecule has 0 saturated carbocycles. The molecule has 0 fully saturated rings. The molecule has 1 aromatic carbocycles. The van der Waals surface area contributed by atoms with Crippen LogP contribution in [-0.4, -0.2) is 11.5 Å². The van der Waals surface area contributed by atoms with Crippen molar-refractivity contribution in [2.45, 2.75) is 6.42 Å². The van der Waals surface area contributed by atoms with Crippen molar-refractivity contribution < 1.29 is 4.39 Å². The van der Waals surface area contributed by atoms with Crippen LogP contribution in [0.5, 0.6) is 0 Å². The molecule has 0 saturated heterocycles. The minimum atomic E-state index is -0.340. The van der Waals surface area contributed by atoms with Crippen LogP contribution in [0.4, 0.5) is 10.2 Å². The minimum absolute atomic E-state index is 0.295. The largest absolute Gasteiger partial charge is 0.367 e. The quantitative estimate of drug-likeness (QED) is 0.931. The molecule has 88 valence electrons. The Bertz CT molecular complexity index is 488. The van der Waals surface area contributed by atoms with Gasteiger partial charge in [0.2, 0.25) is 0 Å². The third-order valence-electron chi connectivity index (χ3n) is 2.36. The Morgan fingerprint density at radius 1 is 1.24 bits per heavy atom. The van der Waals surface area contributed by atoms with Gasteiger partial charge in [-0.05, 0) is 34.0 Å². The summed E-state index contributed by atoms with van der Waals surface area (Å²) in [6.07, 6.45) is 2.42. The number of hydrogen-bond donors (Lipinski definition) is 1. The van der Waals surface area contributed by atoms with E-state index in [1.807, 2.05) is 30.3 Å². The Labute approximate surface area is 108 Å². The first-order valence-electron chi connectivity index (χ1n) is 5.34. The first kappa shape index (κ1) is 12.0. The van der Waals surface area contributed by atoms with Crippen LogP contribution >= 0.6 is 15.9 Å². The number of hydrogen-bond acceptors (Lipinski definition) is 2.